The van der Waals surface area contributed by atoms with Crippen LogP contribution in [-0.2, 0) is 0 Å². The summed E-state index contributed by atoms with van der Waals surface area (Å²) in [4.78, 5) is 0. The van der Waals surface area contributed by atoms with Gasteiger partial charge in [0.2, 0.25) is 11.4 Å². The SMILES string of the molecule is CC(C)n1c(=CC=CC=CC=CC2=[N+](C(C)C)c3cccc4cccc2c34)c2cccc3cccc1c32. The maximum Gasteiger partial charge on any atom is 0.214 e. The molecule has 0 spiro atoms. The fraction of sp³-hybridized carbons (Fsp3) is 0.171. The molecular weight excluding hydrogens is 448 g/mol. The molecule has 0 aliphatic carbocycles. The molecule has 0 amide bonds. The van der Waals surface area contributed by atoms with Crippen molar-refractivity contribution in [1.82, 2.24) is 4.57 Å². The number of hydrogen-bond acceptors (Lipinski definition) is 0. The molecule has 0 radical (unpaired) electrons. The van der Waals surface area contributed by atoms with Crippen LogP contribution in [0.5, 0.6) is 0 Å². The van der Waals surface area contributed by atoms with Gasteiger partial charge in [-0.2, -0.15) is 4.58 Å². The second-order valence-electron chi connectivity index (χ2n) is 10.4. The van der Waals surface area contributed by atoms with E-state index in [1.165, 1.54) is 54.8 Å². The van der Waals surface area contributed by atoms with Gasteiger partial charge in [-0.1, -0.05) is 85.0 Å². The Bertz CT molecular complexity index is 1810. The topological polar surface area (TPSA) is 7.94 Å². The molecule has 0 N–H and O–H groups in total. The van der Waals surface area contributed by atoms with E-state index in [4.69, 9.17) is 0 Å². The molecule has 0 bridgehead atoms. The molecule has 5 aromatic rings. The van der Waals surface area contributed by atoms with Gasteiger partial charge in [0.1, 0.15) is 0 Å². The fourth-order valence-electron chi connectivity index (χ4n) is 5.93. The first-order chi connectivity index (χ1) is 18.1. The molecule has 1 aliphatic rings. The van der Waals surface area contributed by atoms with Crippen LogP contribution in [0.4, 0.5) is 5.69 Å². The first-order valence-electron chi connectivity index (χ1n) is 13.3. The van der Waals surface area contributed by atoms with Crippen LogP contribution in [0.3, 0.4) is 0 Å². The number of aromatic nitrogens is 1. The third-order valence-corrected chi connectivity index (χ3v) is 7.34. The van der Waals surface area contributed by atoms with Gasteiger partial charge in [-0.3, -0.25) is 0 Å². The molecule has 182 valence electrons. The van der Waals surface area contributed by atoms with Gasteiger partial charge in [0.05, 0.1) is 10.9 Å². The predicted molar refractivity (Wildman–Crippen MR) is 160 cm³/mol. The number of nitrogens with zero attached hydrogens (tertiary/aromatic N) is 2. The van der Waals surface area contributed by atoms with Gasteiger partial charge in [0.15, 0.2) is 6.04 Å². The van der Waals surface area contributed by atoms with Crippen molar-refractivity contribution < 1.29 is 4.58 Å². The van der Waals surface area contributed by atoms with Crippen molar-refractivity contribution in [3.05, 3.63) is 120 Å². The molecule has 0 saturated carbocycles. The lowest BCUT2D eigenvalue weighted by Gasteiger charge is -2.10. The van der Waals surface area contributed by atoms with E-state index >= 15 is 0 Å². The third-order valence-electron chi connectivity index (χ3n) is 7.34. The lowest BCUT2D eigenvalue weighted by atomic mass is 10.0. The first kappa shape index (κ1) is 23.2. The summed E-state index contributed by atoms with van der Waals surface area (Å²) in [5, 5.41) is 7.90. The summed E-state index contributed by atoms with van der Waals surface area (Å²) in [6.45, 7) is 9.03. The molecule has 0 saturated heterocycles. The number of rotatable bonds is 6. The van der Waals surface area contributed by atoms with Crippen molar-refractivity contribution in [3.8, 4) is 0 Å². The third kappa shape index (κ3) is 3.84. The van der Waals surface area contributed by atoms with Crippen molar-refractivity contribution in [3.63, 3.8) is 0 Å². The summed E-state index contributed by atoms with van der Waals surface area (Å²) in [5.74, 6) is 0. The second kappa shape index (κ2) is 9.37. The van der Waals surface area contributed by atoms with Crippen LogP contribution in [-0.4, -0.2) is 20.9 Å². The van der Waals surface area contributed by atoms with Crippen LogP contribution < -0.4 is 5.35 Å². The smallest absolute Gasteiger partial charge is 0.214 e. The van der Waals surface area contributed by atoms with Crippen molar-refractivity contribution >= 4 is 49.9 Å². The summed E-state index contributed by atoms with van der Waals surface area (Å²) in [7, 11) is 0. The molecule has 2 heteroatoms. The van der Waals surface area contributed by atoms with Gasteiger partial charge in [-0.15, -0.1) is 0 Å². The Hall–Kier alpha value is -4.17. The fourth-order valence-corrected chi connectivity index (χ4v) is 5.93. The molecule has 0 atom stereocenters. The van der Waals surface area contributed by atoms with Gasteiger partial charge >= 0.3 is 0 Å². The molecule has 0 unspecified atom stereocenters. The zero-order valence-corrected chi connectivity index (χ0v) is 22.0. The standard InChI is InChI=1S/C35H33N2/c1-24(2)36-30(28-18-10-14-26-16-12-22-32(36)34(26)28)20-8-6-5-7-9-21-31-29-19-11-15-27-17-13-23-33(35(27)29)37(31)25(3)4/h5-25H,1-4H3/q+1. The Balaban J connectivity index is 1.31. The maximum absolute atomic E-state index is 2.45. The highest BCUT2D eigenvalue weighted by Crippen LogP contribution is 2.36. The molecule has 0 fully saturated rings. The molecule has 2 nitrogen and oxygen atoms in total. The average molecular weight is 482 g/mol. The van der Waals surface area contributed by atoms with Crippen LogP contribution in [0, 0.1) is 0 Å². The van der Waals surface area contributed by atoms with Gasteiger partial charge in [-0.25, -0.2) is 0 Å². The molecule has 2 heterocycles. The van der Waals surface area contributed by atoms with E-state index < -0.39 is 0 Å². The summed E-state index contributed by atoms with van der Waals surface area (Å²) < 4.78 is 4.89. The Morgan fingerprint density at radius 2 is 1.32 bits per heavy atom. The second-order valence-corrected chi connectivity index (χ2v) is 10.4. The molecule has 4 aromatic carbocycles. The van der Waals surface area contributed by atoms with Crippen molar-refractivity contribution in [2.75, 3.05) is 0 Å². The van der Waals surface area contributed by atoms with E-state index in [0.29, 0.717) is 12.1 Å². The quantitative estimate of drug-likeness (QED) is 0.170. The molecular formula is C35H33N2+. The first-order valence-corrected chi connectivity index (χ1v) is 13.3. The Kier molecular flexibility index (Phi) is 5.88. The molecule has 1 aromatic heterocycles. The van der Waals surface area contributed by atoms with Crippen molar-refractivity contribution in [2.45, 2.75) is 39.8 Å². The molecule has 6 rings (SSSR count). The highest BCUT2D eigenvalue weighted by atomic mass is 15.1. The van der Waals surface area contributed by atoms with Crippen molar-refractivity contribution in [1.29, 1.82) is 0 Å². The number of benzene rings is 4. The normalized spacial score (nSPS) is 14.7. The van der Waals surface area contributed by atoms with E-state index in [1.54, 1.807) is 0 Å². The number of hydrogen-bond donors (Lipinski definition) is 0. The highest BCUT2D eigenvalue weighted by molar-refractivity contribution is 6.19. The summed E-state index contributed by atoms with van der Waals surface area (Å²) >= 11 is 0. The van der Waals surface area contributed by atoms with E-state index in [-0.39, 0.29) is 0 Å². The largest absolute Gasteiger partial charge is 0.338 e. The number of allylic oxidation sites excluding steroid dienone is 6. The Labute approximate surface area is 218 Å². The van der Waals surface area contributed by atoms with E-state index in [2.05, 4.69) is 152 Å². The maximum atomic E-state index is 2.45. The van der Waals surface area contributed by atoms with E-state index in [0.717, 1.165) is 0 Å². The van der Waals surface area contributed by atoms with Gasteiger partial charge in [0.25, 0.3) is 0 Å². The highest BCUT2D eigenvalue weighted by Gasteiger charge is 2.31. The van der Waals surface area contributed by atoms with Crippen LogP contribution in [0.15, 0.2) is 109 Å². The van der Waals surface area contributed by atoms with Crippen LogP contribution in [0.1, 0.15) is 39.3 Å². The minimum atomic E-state index is 0.386. The van der Waals surface area contributed by atoms with Crippen LogP contribution in [0.2, 0.25) is 0 Å². The zero-order valence-electron chi connectivity index (χ0n) is 22.0. The summed E-state index contributed by atoms with van der Waals surface area (Å²) in [5.41, 5.74) is 5.19. The van der Waals surface area contributed by atoms with Crippen LogP contribution >= 0.6 is 0 Å². The van der Waals surface area contributed by atoms with E-state index in [1.807, 2.05) is 0 Å². The molecule has 37 heavy (non-hydrogen) atoms. The minimum absolute atomic E-state index is 0.386. The zero-order chi connectivity index (χ0) is 25.5. The van der Waals surface area contributed by atoms with Gasteiger partial charge < -0.3 is 4.57 Å². The molecule has 1 aliphatic heterocycles. The Morgan fingerprint density at radius 1 is 0.676 bits per heavy atom. The summed E-state index contributed by atoms with van der Waals surface area (Å²) in [6, 6.07) is 27.2. The lowest BCUT2D eigenvalue weighted by molar-refractivity contribution is -0.470. The Morgan fingerprint density at radius 3 is 2.08 bits per heavy atom. The van der Waals surface area contributed by atoms with Crippen molar-refractivity contribution in [2.24, 2.45) is 0 Å². The average Bonchev–Trinajstić information content (AvgIpc) is 3.39. The monoisotopic (exact) mass is 481 g/mol. The summed E-state index contributed by atoms with van der Waals surface area (Å²) in [6.07, 6.45) is 15.1. The van der Waals surface area contributed by atoms with Gasteiger partial charge in [0, 0.05) is 39.8 Å². The van der Waals surface area contributed by atoms with Crippen LogP contribution in [0.25, 0.3) is 38.5 Å². The van der Waals surface area contributed by atoms with Gasteiger partial charge in [-0.05, 0) is 56.7 Å². The lowest BCUT2D eigenvalue weighted by Crippen LogP contribution is -2.19. The minimum Gasteiger partial charge on any atom is -0.338 e. The van der Waals surface area contributed by atoms with E-state index in [9.17, 15) is 0 Å². The predicted octanol–water partition coefficient (Wildman–Crippen LogP) is 8.25.